The maximum Gasteiger partial charge on any atom is 0.213 e. The maximum atomic E-state index is 5.54. The van der Waals surface area contributed by atoms with Crippen LogP contribution in [-0.4, -0.2) is 28.2 Å². The quantitative estimate of drug-likeness (QED) is 0.823. The molecular formula is C11H14N4O. The van der Waals surface area contributed by atoms with Gasteiger partial charge >= 0.3 is 0 Å². The van der Waals surface area contributed by atoms with E-state index in [0.717, 1.165) is 17.8 Å². The Kier molecular flexibility index (Phi) is 3.16. The Hall–Kier alpha value is -1.88. The average molecular weight is 218 g/mol. The Morgan fingerprint density at radius 3 is 2.88 bits per heavy atom. The van der Waals surface area contributed by atoms with Crippen molar-refractivity contribution in [3.05, 3.63) is 36.5 Å². The molecule has 16 heavy (non-hydrogen) atoms. The summed E-state index contributed by atoms with van der Waals surface area (Å²) in [6, 6.07) is 3.76. The molecule has 84 valence electrons. The van der Waals surface area contributed by atoms with Crippen LogP contribution in [-0.2, 0) is 6.42 Å². The number of pyridine rings is 1. The summed E-state index contributed by atoms with van der Waals surface area (Å²) in [7, 11) is 1.60. The zero-order chi connectivity index (χ0) is 11.4. The lowest BCUT2D eigenvalue weighted by Crippen LogP contribution is -2.07. The predicted octanol–water partition coefficient (Wildman–Crippen LogP) is 0.777. The summed E-state index contributed by atoms with van der Waals surface area (Å²) < 4.78 is 6.98. The SMILES string of the molecule is COc1ccc(-n2cncc2CCN)cn1. The minimum absolute atomic E-state index is 0.601. The van der Waals surface area contributed by atoms with Crippen molar-refractivity contribution in [1.29, 1.82) is 0 Å². The van der Waals surface area contributed by atoms with Crippen LogP contribution in [0.5, 0.6) is 5.88 Å². The molecule has 0 saturated carbocycles. The minimum atomic E-state index is 0.601. The third-order valence-electron chi connectivity index (χ3n) is 2.32. The van der Waals surface area contributed by atoms with Crippen molar-refractivity contribution in [2.45, 2.75) is 6.42 Å². The average Bonchev–Trinajstić information content (AvgIpc) is 2.78. The molecule has 0 unspecified atom stereocenters. The van der Waals surface area contributed by atoms with Gasteiger partial charge < -0.3 is 15.0 Å². The Labute approximate surface area is 93.9 Å². The van der Waals surface area contributed by atoms with E-state index in [4.69, 9.17) is 10.5 Å². The Morgan fingerprint density at radius 1 is 1.38 bits per heavy atom. The van der Waals surface area contributed by atoms with Crippen molar-refractivity contribution >= 4 is 0 Å². The van der Waals surface area contributed by atoms with Gasteiger partial charge in [-0.2, -0.15) is 0 Å². The smallest absolute Gasteiger partial charge is 0.213 e. The highest BCUT2D eigenvalue weighted by atomic mass is 16.5. The Bertz CT molecular complexity index is 449. The van der Waals surface area contributed by atoms with Crippen LogP contribution in [0.1, 0.15) is 5.69 Å². The van der Waals surface area contributed by atoms with Crippen molar-refractivity contribution in [2.75, 3.05) is 13.7 Å². The number of hydrogen-bond acceptors (Lipinski definition) is 4. The molecule has 0 radical (unpaired) electrons. The molecule has 0 aliphatic rings. The maximum absolute atomic E-state index is 5.54. The number of nitrogens with two attached hydrogens (primary N) is 1. The Balaban J connectivity index is 2.31. The van der Waals surface area contributed by atoms with E-state index in [-0.39, 0.29) is 0 Å². The highest BCUT2D eigenvalue weighted by Crippen LogP contribution is 2.13. The number of hydrogen-bond donors (Lipinski definition) is 1. The highest BCUT2D eigenvalue weighted by molar-refractivity contribution is 5.33. The van der Waals surface area contributed by atoms with Gasteiger partial charge in [-0.25, -0.2) is 9.97 Å². The van der Waals surface area contributed by atoms with Crippen molar-refractivity contribution in [3.8, 4) is 11.6 Å². The van der Waals surface area contributed by atoms with Gasteiger partial charge in [-0.15, -0.1) is 0 Å². The van der Waals surface area contributed by atoms with Gasteiger partial charge in [0.1, 0.15) is 0 Å². The summed E-state index contributed by atoms with van der Waals surface area (Å²) in [4.78, 5) is 8.26. The van der Waals surface area contributed by atoms with Crippen LogP contribution >= 0.6 is 0 Å². The first-order valence-corrected chi connectivity index (χ1v) is 5.07. The second-order valence-corrected chi connectivity index (χ2v) is 3.35. The first kappa shape index (κ1) is 10.6. The number of rotatable bonds is 4. The predicted molar refractivity (Wildman–Crippen MR) is 60.7 cm³/mol. The Morgan fingerprint density at radius 2 is 2.25 bits per heavy atom. The van der Waals surface area contributed by atoms with Crippen LogP contribution < -0.4 is 10.5 Å². The molecule has 2 aromatic heterocycles. The van der Waals surface area contributed by atoms with E-state index in [1.165, 1.54) is 0 Å². The monoisotopic (exact) mass is 218 g/mol. The molecule has 0 amide bonds. The minimum Gasteiger partial charge on any atom is -0.481 e. The summed E-state index contributed by atoms with van der Waals surface area (Å²) in [6.07, 6.45) is 6.12. The van der Waals surface area contributed by atoms with Crippen molar-refractivity contribution < 1.29 is 4.74 Å². The van der Waals surface area contributed by atoms with E-state index >= 15 is 0 Å². The topological polar surface area (TPSA) is 66.0 Å². The summed E-state index contributed by atoms with van der Waals surface area (Å²) in [5, 5.41) is 0. The van der Waals surface area contributed by atoms with Crippen molar-refractivity contribution in [2.24, 2.45) is 5.73 Å². The van der Waals surface area contributed by atoms with Gasteiger partial charge in [-0.1, -0.05) is 0 Å². The van der Waals surface area contributed by atoms with Crippen LogP contribution in [0.25, 0.3) is 5.69 Å². The largest absolute Gasteiger partial charge is 0.481 e. The third-order valence-corrected chi connectivity index (χ3v) is 2.32. The van der Waals surface area contributed by atoms with Gasteiger partial charge in [0.05, 0.1) is 25.3 Å². The van der Waals surface area contributed by atoms with Crippen LogP contribution in [0.15, 0.2) is 30.9 Å². The summed E-state index contributed by atoms with van der Waals surface area (Å²) in [6.45, 7) is 0.606. The molecule has 2 rings (SSSR count). The fraction of sp³-hybridized carbons (Fsp3) is 0.273. The molecule has 0 atom stereocenters. The molecule has 0 fully saturated rings. The van der Waals surface area contributed by atoms with Gasteiger partial charge in [0, 0.05) is 24.4 Å². The second-order valence-electron chi connectivity index (χ2n) is 3.35. The van der Waals surface area contributed by atoms with E-state index in [9.17, 15) is 0 Å². The molecule has 5 nitrogen and oxygen atoms in total. The molecule has 0 spiro atoms. The molecule has 2 heterocycles. The van der Waals surface area contributed by atoms with E-state index in [1.54, 1.807) is 19.6 Å². The fourth-order valence-corrected chi connectivity index (χ4v) is 1.52. The summed E-state index contributed by atoms with van der Waals surface area (Å²) in [5.41, 5.74) is 7.57. The number of methoxy groups -OCH3 is 1. The van der Waals surface area contributed by atoms with Gasteiger partial charge in [0.25, 0.3) is 0 Å². The molecule has 0 bridgehead atoms. The molecule has 2 aromatic rings. The fourth-order valence-electron chi connectivity index (χ4n) is 1.52. The molecule has 2 N–H and O–H groups in total. The molecule has 0 aromatic carbocycles. The van der Waals surface area contributed by atoms with E-state index in [1.807, 2.05) is 22.9 Å². The van der Waals surface area contributed by atoms with E-state index in [0.29, 0.717) is 12.4 Å². The zero-order valence-corrected chi connectivity index (χ0v) is 9.13. The van der Waals surface area contributed by atoms with E-state index in [2.05, 4.69) is 9.97 Å². The zero-order valence-electron chi connectivity index (χ0n) is 9.13. The first-order chi connectivity index (χ1) is 7.85. The lowest BCUT2D eigenvalue weighted by molar-refractivity contribution is 0.398. The van der Waals surface area contributed by atoms with Crippen LogP contribution in [0.2, 0.25) is 0 Å². The molecular weight excluding hydrogens is 204 g/mol. The second kappa shape index (κ2) is 4.76. The van der Waals surface area contributed by atoms with Crippen LogP contribution in [0, 0.1) is 0 Å². The van der Waals surface area contributed by atoms with Crippen LogP contribution in [0.3, 0.4) is 0 Å². The van der Waals surface area contributed by atoms with Gasteiger partial charge in [0.15, 0.2) is 0 Å². The molecule has 0 aliphatic heterocycles. The standard InChI is InChI=1S/C11H14N4O/c1-16-11-3-2-9(7-14-11)15-8-13-6-10(15)4-5-12/h2-3,6-8H,4-5,12H2,1H3. The van der Waals surface area contributed by atoms with Crippen LogP contribution in [0.4, 0.5) is 0 Å². The van der Waals surface area contributed by atoms with Gasteiger partial charge in [0.2, 0.25) is 5.88 Å². The number of imidazole rings is 1. The van der Waals surface area contributed by atoms with Gasteiger partial charge in [-0.05, 0) is 12.6 Å². The molecule has 5 heteroatoms. The van der Waals surface area contributed by atoms with Gasteiger partial charge in [-0.3, -0.25) is 0 Å². The number of ether oxygens (including phenoxy) is 1. The number of nitrogens with zero attached hydrogens (tertiary/aromatic N) is 3. The molecule has 0 aliphatic carbocycles. The first-order valence-electron chi connectivity index (χ1n) is 5.07. The molecule has 0 saturated heterocycles. The normalized spacial score (nSPS) is 10.4. The third kappa shape index (κ3) is 2.04. The van der Waals surface area contributed by atoms with Crippen molar-refractivity contribution in [1.82, 2.24) is 14.5 Å². The van der Waals surface area contributed by atoms with E-state index < -0.39 is 0 Å². The number of aromatic nitrogens is 3. The summed E-state index contributed by atoms with van der Waals surface area (Å²) in [5.74, 6) is 0.601. The van der Waals surface area contributed by atoms with Crippen molar-refractivity contribution in [3.63, 3.8) is 0 Å². The highest BCUT2D eigenvalue weighted by Gasteiger charge is 2.04. The lowest BCUT2D eigenvalue weighted by Gasteiger charge is -2.07. The summed E-state index contributed by atoms with van der Waals surface area (Å²) >= 11 is 0. The lowest BCUT2D eigenvalue weighted by atomic mass is 10.3.